The standard InChI is InChI=1S/C28H28ClN6O6/c1-16-25(26(33-41-16)19-6-4-5-7-24(19)36)28(38)31-13-12-30-21-15-22(23(35(39)40)14-20(21)29)32-27(37)17-8-10-18(11-9-17)34(2)3/h4-11,14-15,30,36,39H,12-13H2,1-3H3,(H,31,38)(H,32,37)/q-1. The first-order valence-corrected chi connectivity index (χ1v) is 12.8. The monoisotopic (exact) mass is 579 g/mol. The van der Waals surface area contributed by atoms with Gasteiger partial charge in [0.1, 0.15) is 22.8 Å². The summed E-state index contributed by atoms with van der Waals surface area (Å²) in [7, 11) is 3.75. The van der Waals surface area contributed by atoms with E-state index in [-0.39, 0.29) is 57.5 Å². The van der Waals surface area contributed by atoms with E-state index in [1.165, 1.54) is 18.2 Å². The van der Waals surface area contributed by atoms with Gasteiger partial charge in [0.05, 0.1) is 22.1 Å². The number of hydrogen-bond acceptors (Lipinski definition) is 10. The Morgan fingerprint density at radius 2 is 1.73 bits per heavy atom. The maximum Gasteiger partial charge on any atom is 0.257 e. The smallest absolute Gasteiger partial charge is 0.257 e. The molecule has 3 aromatic carbocycles. The third-order valence-corrected chi connectivity index (χ3v) is 6.47. The highest BCUT2D eigenvalue weighted by atomic mass is 35.5. The minimum atomic E-state index is -0.497. The van der Waals surface area contributed by atoms with E-state index in [0.717, 1.165) is 5.69 Å². The second kappa shape index (κ2) is 12.6. The van der Waals surface area contributed by atoms with Crippen LogP contribution >= 0.6 is 11.6 Å². The molecule has 0 aliphatic heterocycles. The zero-order valence-corrected chi connectivity index (χ0v) is 23.2. The molecule has 0 aliphatic rings. The second-order valence-corrected chi connectivity index (χ2v) is 9.59. The number of benzene rings is 3. The number of anilines is 4. The molecule has 214 valence electrons. The Morgan fingerprint density at radius 3 is 2.39 bits per heavy atom. The Morgan fingerprint density at radius 1 is 1.02 bits per heavy atom. The highest BCUT2D eigenvalue weighted by Crippen LogP contribution is 2.35. The third kappa shape index (κ3) is 6.69. The Labute approximate surface area is 240 Å². The molecule has 0 unspecified atom stereocenters. The number of carbonyl (C=O) groups is 2. The van der Waals surface area contributed by atoms with Crippen molar-refractivity contribution in [1.29, 1.82) is 0 Å². The zero-order valence-electron chi connectivity index (χ0n) is 22.4. The van der Waals surface area contributed by atoms with Gasteiger partial charge in [-0.05, 0) is 55.5 Å². The second-order valence-electron chi connectivity index (χ2n) is 9.18. The zero-order chi connectivity index (χ0) is 29.7. The summed E-state index contributed by atoms with van der Waals surface area (Å²) in [5.41, 5.74) is 2.13. The number of rotatable bonds is 10. The topological polar surface area (TPSA) is 166 Å². The molecular formula is C28H28ClN6O6-. The van der Waals surface area contributed by atoms with Gasteiger partial charge >= 0.3 is 0 Å². The lowest BCUT2D eigenvalue weighted by molar-refractivity contribution is 0.0953. The van der Waals surface area contributed by atoms with Crippen molar-refractivity contribution in [3.05, 3.63) is 87.8 Å². The molecule has 12 nitrogen and oxygen atoms in total. The van der Waals surface area contributed by atoms with Gasteiger partial charge in [-0.25, -0.2) is 0 Å². The molecule has 13 heteroatoms. The van der Waals surface area contributed by atoms with Gasteiger partial charge in [-0.2, -0.15) is 0 Å². The number of nitrogens with zero attached hydrogens (tertiary/aromatic N) is 3. The third-order valence-electron chi connectivity index (χ3n) is 6.16. The fraction of sp³-hybridized carbons (Fsp3) is 0.179. The molecule has 4 rings (SSSR count). The number of aromatic nitrogens is 1. The number of halogens is 1. The fourth-order valence-electron chi connectivity index (χ4n) is 4.02. The summed E-state index contributed by atoms with van der Waals surface area (Å²) in [5.74, 6) is -0.707. The SMILES string of the molecule is Cc1onc(-c2ccccc2O)c1C(=O)NCCNc1cc(NC(=O)c2ccc(N(C)C)cc2)c(N([O-])O)cc1Cl. The highest BCUT2D eigenvalue weighted by molar-refractivity contribution is 6.34. The first kappa shape index (κ1) is 29.2. The highest BCUT2D eigenvalue weighted by Gasteiger charge is 2.23. The van der Waals surface area contributed by atoms with E-state index in [2.05, 4.69) is 21.1 Å². The quantitative estimate of drug-likeness (QED) is 0.129. The number of hydrogen-bond donors (Lipinski definition) is 5. The molecule has 1 aromatic heterocycles. The summed E-state index contributed by atoms with van der Waals surface area (Å²) in [4.78, 5) is 27.7. The molecular weight excluding hydrogens is 552 g/mol. The first-order chi connectivity index (χ1) is 19.6. The van der Waals surface area contributed by atoms with Crippen molar-refractivity contribution >= 4 is 46.2 Å². The minimum Gasteiger partial charge on any atom is -0.733 e. The van der Waals surface area contributed by atoms with Crippen LogP contribution in [0.3, 0.4) is 0 Å². The molecule has 5 N–H and O–H groups in total. The van der Waals surface area contributed by atoms with Gasteiger partial charge in [0, 0.05) is 44.0 Å². The van der Waals surface area contributed by atoms with E-state index in [1.54, 1.807) is 49.4 Å². The van der Waals surface area contributed by atoms with E-state index in [1.807, 2.05) is 19.0 Å². The molecule has 0 atom stereocenters. The van der Waals surface area contributed by atoms with Gasteiger partial charge in [-0.15, -0.1) is 0 Å². The van der Waals surface area contributed by atoms with Gasteiger partial charge in [0.25, 0.3) is 11.8 Å². The van der Waals surface area contributed by atoms with Crippen molar-refractivity contribution in [2.24, 2.45) is 0 Å². The van der Waals surface area contributed by atoms with Gasteiger partial charge in [0.2, 0.25) is 0 Å². The van der Waals surface area contributed by atoms with Crippen LogP contribution in [0.4, 0.5) is 22.7 Å². The van der Waals surface area contributed by atoms with Crippen LogP contribution in [0.15, 0.2) is 65.2 Å². The van der Waals surface area contributed by atoms with Crippen molar-refractivity contribution in [3.63, 3.8) is 0 Å². The van der Waals surface area contributed by atoms with Crippen molar-refractivity contribution in [3.8, 4) is 17.0 Å². The van der Waals surface area contributed by atoms with Crippen LogP contribution in [-0.2, 0) is 0 Å². The summed E-state index contributed by atoms with van der Waals surface area (Å²) in [6.45, 7) is 1.95. The molecule has 41 heavy (non-hydrogen) atoms. The largest absolute Gasteiger partial charge is 0.733 e. The number of carbonyl (C=O) groups excluding carboxylic acids is 2. The predicted octanol–water partition coefficient (Wildman–Crippen LogP) is 4.86. The predicted molar refractivity (Wildman–Crippen MR) is 157 cm³/mol. The van der Waals surface area contributed by atoms with Crippen LogP contribution in [-0.4, -0.2) is 54.5 Å². The maximum absolute atomic E-state index is 12.9. The van der Waals surface area contributed by atoms with Crippen molar-refractivity contribution in [2.75, 3.05) is 47.9 Å². The lowest BCUT2D eigenvalue weighted by Gasteiger charge is -2.26. The van der Waals surface area contributed by atoms with Crippen molar-refractivity contribution in [2.45, 2.75) is 6.92 Å². The number of amides is 2. The minimum absolute atomic E-state index is 0.0209. The molecule has 0 bridgehead atoms. The van der Waals surface area contributed by atoms with E-state index >= 15 is 0 Å². The van der Waals surface area contributed by atoms with Gasteiger partial charge in [-0.3, -0.25) is 14.8 Å². The molecule has 0 saturated carbocycles. The van der Waals surface area contributed by atoms with Crippen LogP contribution in [0.5, 0.6) is 5.75 Å². The number of phenols is 1. The van der Waals surface area contributed by atoms with Crippen LogP contribution < -0.4 is 26.1 Å². The Balaban J connectivity index is 1.43. The number of aryl methyl sites for hydroxylation is 1. The molecule has 0 saturated heterocycles. The van der Waals surface area contributed by atoms with Crippen molar-refractivity contribution < 1.29 is 24.4 Å². The van der Waals surface area contributed by atoms with Crippen LogP contribution in [0.25, 0.3) is 11.3 Å². The molecule has 0 radical (unpaired) electrons. The lowest BCUT2D eigenvalue weighted by Crippen LogP contribution is -2.29. The molecule has 4 aromatic rings. The van der Waals surface area contributed by atoms with Crippen LogP contribution in [0, 0.1) is 12.1 Å². The number of aromatic hydroxyl groups is 1. The van der Waals surface area contributed by atoms with E-state index in [4.69, 9.17) is 16.1 Å². The van der Waals surface area contributed by atoms with E-state index < -0.39 is 11.8 Å². The molecule has 2 amide bonds. The summed E-state index contributed by atoms with van der Waals surface area (Å²) >= 11 is 6.30. The molecule has 0 aliphatic carbocycles. The summed E-state index contributed by atoms with van der Waals surface area (Å²) in [6.07, 6.45) is 0. The molecule has 0 spiro atoms. The van der Waals surface area contributed by atoms with Crippen molar-refractivity contribution in [1.82, 2.24) is 10.5 Å². The lowest BCUT2D eigenvalue weighted by atomic mass is 10.0. The van der Waals surface area contributed by atoms with Crippen LogP contribution in [0.1, 0.15) is 26.5 Å². The number of nitrogens with one attached hydrogen (secondary N) is 3. The Bertz CT molecular complexity index is 1550. The maximum atomic E-state index is 12.9. The average molecular weight is 580 g/mol. The fourth-order valence-corrected chi connectivity index (χ4v) is 4.25. The van der Waals surface area contributed by atoms with E-state index in [9.17, 15) is 25.1 Å². The van der Waals surface area contributed by atoms with Gasteiger partial charge < -0.3 is 40.9 Å². The van der Waals surface area contributed by atoms with Gasteiger partial charge in [-0.1, -0.05) is 28.9 Å². The van der Waals surface area contributed by atoms with Crippen LogP contribution in [0.2, 0.25) is 5.02 Å². The normalized spacial score (nSPS) is 10.7. The van der Waals surface area contributed by atoms with E-state index in [0.29, 0.717) is 16.8 Å². The Hall–Kier alpha value is -4.78. The Kier molecular flexibility index (Phi) is 8.97. The average Bonchev–Trinajstić information content (AvgIpc) is 3.33. The molecule has 1 heterocycles. The molecule has 0 fully saturated rings. The number of phenolic OH excluding ortho intramolecular Hbond substituents is 1. The summed E-state index contributed by atoms with van der Waals surface area (Å²) in [5, 5.41) is 43.6. The summed E-state index contributed by atoms with van der Waals surface area (Å²) < 4.78 is 5.20. The number of para-hydroxylation sites is 1. The van der Waals surface area contributed by atoms with Gasteiger partial charge in [0.15, 0.2) is 0 Å². The summed E-state index contributed by atoms with van der Waals surface area (Å²) in [6, 6.07) is 15.9. The first-order valence-electron chi connectivity index (χ1n) is 12.4.